The van der Waals surface area contributed by atoms with Crippen molar-refractivity contribution in [3.05, 3.63) is 326 Å². The summed E-state index contributed by atoms with van der Waals surface area (Å²) >= 11 is 27.4. The minimum absolute atomic E-state index is 0.302. The topological polar surface area (TPSA) is 378 Å². The van der Waals surface area contributed by atoms with Gasteiger partial charge >= 0.3 is 40.8 Å². The highest BCUT2D eigenvalue weighted by molar-refractivity contribution is 7.91. The van der Waals surface area contributed by atoms with E-state index in [2.05, 4.69) is 60.9 Å². The van der Waals surface area contributed by atoms with E-state index in [-0.39, 0.29) is 23.6 Å². The second kappa shape index (κ2) is 42.1. The van der Waals surface area contributed by atoms with Crippen molar-refractivity contribution in [1.82, 2.24) is 52.5 Å². The third-order valence-electron chi connectivity index (χ3n) is 24.0. The van der Waals surface area contributed by atoms with Gasteiger partial charge in [0.15, 0.2) is 5.82 Å². The first kappa shape index (κ1) is 99.0. The number of aryl methyl sites for hydroxylation is 3. The largest absolute Gasteiger partial charge is 0.322 e. The van der Waals surface area contributed by atoms with Crippen molar-refractivity contribution in [1.29, 1.82) is 0 Å². The Morgan fingerprint density at radius 3 is 1.34 bits per heavy atom. The number of nitrogens with zero attached hydrogens (tertiary/aromatic N) is 14. The van der Waals surface area contributed by atoms with Crippen molar-refractivity contribution in [3.63, 3.8) is 0 Å². The number of amides is 4. The highest BCUT2D eigenvalue weighted by Gasteiger charge is 2.36. The van der Waals surface area contributed by atoms with E-state index in [9.17, 15) is 52.8 Å². The Hall–Kier alpha value is -13.6. The molecule has 0 bridgehead atoms. The number of carbonyl (C=O) groups excluding carboxylic acids is 4. The van der Waals surface area contributed by atoms with E-state index < -0.39 is 40.8 Å². The Morgan fingerprint density at radius 2 is 0.816 bits per heavy atom. The molecular weight excluding hydrogens is 1970 g/mol. The third-order valence-corrected chi connectivity index (χ3v) is 33.5. The molecule has 141 heavy (non-hydrogen) atoms. The molecule has 0 atom stereocenters. The average Bonchev–Trinajstić information content (AvgIpc) is 1.65. The molecule has 4 aliphatic rings. The molecule has 20 rings (SSSR count). The van der Waals surface area contributed by atoms with E-state index in [1.807, 2.05) is 84.2 Å². The first-order chi connectivity index (χ1) is 67.6. The molecule has 7 aromatic heterocycles. The van der Waals surface area contributed by atoms with Gasteiger partial charge in [0.25, 0.3) is 23.6 Å². The highest BCUT2D eigenvalue weighted by atomic mass is 35.5. The fraction of sp³-hybridized carbons (Fsp3) is 0.178. The lowest BCUT2D eigenvalue weighted by atomic mass is 10.1. The molecule has 4 amide bonds. The van der Waals surface area contributed by atoms with E-state index in [4.69, 9.17) is 46.4 Å². The molecular formula is C101H91Cl4N19O12S5. The maximum Gasteiger partial charge on any atom is 0.303 e. The molecule has 4 fully saturated rings. The predicted octanol–water partition coefficient (Wildman–Crippen LogP) is 19.6. The van der Waals surface area contributed by atoms with Gasteiger partial charge in [-0.15, -0.1) is 11.3 Å². The zero-order valence-electron chi connectivity index (χ0n) is 76.6. The van der Waals surface area contributed by atoms with Crippen LogP contribution in [0.1, 0.15) is 83.8 Å². The van der Waals surface area contributed by atoms with Gasteiger partial charge in [-0.3, -0.25) is 51.4 Å². The van der Waals surface area contributed by atoms with Crippen LogP contribution in [-0.4, -0.2) is 179 Å². The number of aromatic nitrogens is 7. The number of pyridine rings is 5. The van der Waals surface area contributed by atoms with Gasteiger partial charge in [0, 0.05) is 193 Å². The standard InChI is InChI=1S/3C26H24ClN5O3S.C23H19ClN4O3S2/c1-17-14-20(32-13-3-12-31(2)36(32,34)35)6-7-21(17)26(33)29-19-5-8-23(27)22(15-19)25-9-4-18-16-28-11-10-24(18)30-25;1-17-15-19(32-14-4-13-31(2)36(32,34)35)7-8-20(17)26(33)29-18-6-9-22(27)21(16-18)23-10-11-24-25(30-23)5-3-12-28-24;1-17-14-20(32-13-5-12-31(2)36(32,34)35)9-10-21(17)26(33)29-19-8-11-23(27)22(15-19)25-28-16-18-6-3-4-7-24(18)30-25;24-20-7-4-16(14-19(20)22-18-9-13-32-21(18)8-11-25-22)27-23(29)15-2-5-17(6-3-15)28-12-1-10-26-33(28,30)31/h4-11,14-16H,3,12-13H2,1-2H3,(H,29,33);3,5-12,15-16H,4,13-14H2,1-2H3,(H,29,33);3-4,6-11,14-16H,5,12-13H2,1-2H3,(H,29,33);2-9,11,13-14,26H,1,10,12H2,(H,27,29). The molecule has 0 radical (unpaired) electrons. The summed E-state index contributed by atoms with van der Waals surface area (Å²) in [5, 5.41) is 18.5. The van der Waals surface area contributed by atoms with Crippen molar-refractivity contribution in [2.24, 2.45) is 0 Å². The minimum atomic E-state index is -3.56. The summed E-state index contributed by atoms with van der Waals surface area (Å²) < 4.78 is 114. The van der Waals surface area contributed by atoms with Crippen molar-refractivity contribution >= 4 is 211 Å². The maximum atomic E-state index is 13.1. The van der Waals surface area contributed by atoms with Gasteiger partial charge < -0.3 is 21.3 Å². The Balaban J connectivity index is 0.000000130. The third kappa shape index (κ3) is 21.8. The molecule has 40 heteroatoms. The summed E-state index contributed by atoms with van der Waals surface area (Å²) in [6.07, 6.45) is 11.6. The fourth-order valence-corrected chi connectivity index (χ4v) is 23.8. The summed E-state index contributed by atoms with van der Waals surface area (Å²) in [4.78, 5) is 83.4. The van der Waals surface area contributed by atoms with Crippen molar-refractivity contribution in [2.75, 3.05) is 112 Å². The first-order valence-electron chi connectivity index (χ1n) is 44.5. The SMILES string of the molecule is Cc1cc(N2CCCN(C)S2(=O)=O)ccc1C(=O)Nc1ccc(Cl)c(-c2ccc3cnccc3n2)c1.Cc1cc(N2CCCN(C)S2(=O)=O)ccc1C(=O)Nc1ccc(Cl)c(-c2ccc3ncccc3n2)c1.Cc1cc(N2CCCN(C)S2(=O)=O)ccc1C(=O)Nc1ccc(Cl)c(-c2ncc3ccccc3n2)c1.O=C(Nc1ccc(Cl)c(-c2nccc3sccc23)c1)c1ccc(N2CCCNS2(=O)=O)cc1. The fourth-order valence-electron chi connectivity index (χ4n) is 16.5. The second-order valence-corrected chi connectivity index (χ2v) is 43.6. The molecule has 0 spiro atoms. The average molecular weight is 2070 g/mol. The number of carbonyl (C=O) groups is 4. The monoisotopic (exact) mass is 2060 g/mol. The smallest absolute Gasteiger partial charge is 0.303 e. The number of nitrogens with one attached hydrogen (secondary N) is 5. The number of fused-ring (bicyclic) bond motifs is 4. The summed E-state index contributed by atoms with van der Waals surface area (Å²) in [6.45, 7) is 8.90. The quantitative estimate of drug-likeness (QED) is 0.0600. The number of thiophene rings is 1. The highest BCUT2D eigenvalue weighted by Crippen LogP contribution is 2.40. The van der Waals surface area contributed by atoms with Crippen LogP contribution in [0.4, 0.5) is 45.5 Å². The lowest BCUT2D eigenvalue weighted by Gasteiger charge is -2.34. The van der Waals surface area contributed by atoms with Gasteiger partial charge in [0.1, 0.15) is 0 Å². The summed E-state index contributed by atoms with van der Waals surface area (Å²) in [5.74, 6) is -0.769. The lowest BCUT2D eigenvalue weighted by molar-refractivity contribution is 0.101. The van der Waals surface area contributed by atoms with Crippen molar-refractivity contribution in [2.45, 2.75) is 46.5 Å². The van der Waals surface area contributed by atoms with E-state index in [0.29, 0.717) is 197 Å². The molecule has 0 aliphatic carbocycles. The molecule has 9 aromatic carbocycles. The maximum absolute atomic E-state index is 13.1. The van der Waals surface area contributed by atoms with Gasteiger partial charge in [0.2, 0.25) is 0 Å². The van der Waals surface area contributed by atoms with E-state index in [1.54, 1.807) is 236 Å². The van der Waals surface area contributed by atoms with Crippen LogP contribution in [0.2, 0.25) is 20.1 Å². The van der Waals surface area contributed by atoms with Gasteiger partial charge in [-0.2, -0.15) is 51.3 Å². The van der Waals surface area contributed by atoms with Crippen LogP contribution in [0, 0.1) is 20.8 Å². The molecule has 4 aliphatic heterocycles. The normalized spacial score (nSPS) is 15.6. The van der Waals surface area contributed by atoms with Crippen LogP contribution in [0.25, 0.3) is 88.1 Å². The van der Waals surface area contributed by atoms with Crippen LogP contribution in [0.5, 0.6) is 0 Å². The molecule has 0 unspecified atom stereocenters. The van der Waals surface area contributed by atoms with E-state index in [0.717, 1.165) is 73.4 Å². The van der Waals surface area contributed by atoms with Crippen LogP contribution in [0.15, 0.2) is 267 Å². The molecule has 31 nitrogen and oxygen atoms in total. The Kier molecular flexibility index (Phi) is 29.5. The molecule has 0 saturated carbocycles. The van der Waals surface area contributed by atoms with Crippen molar-refractivity contribution in [3.8, 4) is 45.2 Å². The first-order valence-corrected chi connectivity index (χ1v) is 52.5. The molecule has 720 valence electrons. The van der Waals surface area contributed by atoms with Gasteiger partial charge in [0.05, 0.1) is 82.0 Å². The van der Waals surface area contributed by atoms with Crippen LogP contribution < -0.4 is 43.2 Å². The van der Waals surface area contributed by atoms with Crippen molar-refractivity contribution < 1.29 is 52.8 Å². The van der Waals surface area contributed by atoms with E-state index in [1.165, 1.54) is 30.1 Å². The molecule has 11 heterocycles. The van der Waals surface area contributed by atoms with E-state index >= 15 is 0 Å². The number of anilines is 8. The zero-order valence-corrected chi connectivity index (χ0v) is 83.7. The minimum Gasteiger partial charge on any atom is -0.322 e. The predicted molar refractivity (Wildman–Crippen MR) is 561 cm³/mol. The van der Waals surface area contributed by atoms with Crippen LogP contribution in [0.3, 0.4) is 0 Å². The molecule has 16 aromatic rings. The summed E-state index contributed by atoms with van der Waals surface area (Å²) in [6, 6.07) is 67.2. The zero-order chi connectivity index (χ0) is 99.3. The Labute approximate surface area is 838 Å². The van der Waals surface area contributed by atoms with Gasteiger partial charge in [-0.25, -0.2) is 19.9 Å². The lowest BCUT2D eigenvalue weighted by Crippen LogP contribution is -2.48. The Morgan fingerprint density at radius 1 is 0.369 bits per heavy atom. The molecule has 4 saturated heterocycles. The van der Waals surface area contributed by atoms with Crippen LogP contribution in [-0.2, 0) is 40.8 Å². The number of halogens is 4. The van der Waals surface area contributed by atoms with Gasteiger partial charge in [-0.1, -0.05) is 64.6 Å². The van der Waals surface area contributed by atoms with Crippen LogP contribution >= 0.6 is 57.7 Å². The number of benzene rings is 9. The summed E-state index contributed by atoms with van der Waals surface area (Å²) in [5.41, 5.74) is 16.1. The van der Waals surface area contributed by atoms with Gasteiger partial charge in [-0.05, 0) is 281 Å². The summed E-state index contributed by atoms with van der Waals surface area (Å²) in [7, 11) is -9.51. The number of para-hydroxylation sites is 1. The number of rotatable bonds is 16. The Bertz CT molecular complexity index is 7540. The number of hydrogen-bond acceptors (Lipinski definition) is 20. The second-order valence-electron chi connectivity index (χ2n) is 33.5. The number of hydrogen-bond donors (Lipinski definition) is 5. The molecule has 5 N–H and O–H groups in total.